The predicted octanol–water partition coefficient (Wildman–Crippen LogP) is 8.40. The summed E-state index contributed by atoms with van der Waals surface area (Å²) in [7, 11) is 0. The van der Waals surface area contributed by atoms with Crippen LogP contribution in [0.25, 0.3) is 11.1 Å². The second-order valence-corrected chi connectivity index (χ2v) is 9.19. The van der Waals surface area contributed by atoms with Crippen molar-refractivity contribution >= 4 is 40.3 Å². The fraction of sp³-hybridized carbons (Fsp3) is 0.259. The van der Waals surface area contributed by atoms with Crippen LogP contribution in [0, 0.1) is 5.82 Å². The molecule has 1 aromatic heterocycles. The Balaban J connectivity index is 1.78. The maximum Gasteiger partial charge on any atom is 0.416 e. The number of halogens is 6. The molecule has 0 aliphatic heterocycles. The number of pyridine rings is 1. The van der Waals surface area contributed by atoms with Gasteiger partial charge in [-0.25, -0.2) is 14.2 Å². The Morgan fingerprint density at radius 1 is 1.00 bits per heavy atom. The third kappa shape index (κ3) is 6.25. The Labute approximate surface area is 220 Å². The van der Waals surface area contributed by atoms with Gasteiger partial charge in [0.25, 0.3) is 0 Å². The van der Waals surface area contributed by atoms with Gasteiger partial charge in [-0.15, -0.1) is 0 Å². The van der Waals surface area contributed by atoms with Gasteiger partial charge in [0.05, 0.1) is 17.9 Å². The molecule has 0 atom stereocenters. The molecule has 194 valence electrons. The van der Waals surface area contributed by atoms with E-state index in [2.05, 4.69) is 4.98 Å². The summed E-state index contributed by atoms with van der Waals surface area (Å²) in [6.07, 6.45) is -3.09. The fourth-order valence-electron chi connectivity index (χ4n) is 4.14. The molecule has 0 unspecified atom stereocenters. The number of carbonyl (C=O) groups is 1. The van der Waals surface area contributed by atoms with Crippen LogP contribution < -0.4 is 4.74 Å². The number of carbonyl (C=O) groups excluding carboxylic acids is 1. The number of rotatable bonds is 7. The molecule has 4 rings (SSSR count). The van der Waals surface area contributed by atoms with E-state index in [0.717, 1.165) is 6.07 Å². The predicted molar refractivity (Wildman–Crippen MR) is 133 cm³/mol. The number of ether oxygens (including phenoxy) is 2. The molecule has 0 saturated carbocycles. The molecule has 0 fully saturated rings. The zero-order valence-electron chi connectivity index (χ0n) is 19.6. The molecule has 1 aliphatic carbocycles. The number of alkyl halides is 3. The van der Waals surface area contributed by atoms with Crippen molar-refractivity contribution in [3.63, 3.8) is 0 Å². The summed E-state index contributed by atoms with van der Waals surface area (Å²) in [6, 6.07) is 10.7. The van der Waals surface area contributed by atoms with Crippen LogP contribution in [0.2, 0.25) is 10.0 Å². The van der Waals surface area contributed by atoms with Crippen LogP contribution >= 0.6 is 23.2 Å². The first-order valence-corrected chi connectivity index (χ1v) is 12.2. The van der Waals surface area contributed by atoms with E-state index in [1.165, 1.54) is 12.1 Å². The van der Waals surface area contributed by atoms with Crippen molar-refractivity contribution in [3.05, 3.63) is 92.5 Å². The standard InChI is InChI=1S/C27H21Cl2F4NO3/c1-2-36-26(35)24-11-16(27(31,32)33)10-23(34-24)20-5-3-4-19(20)21-12-17(28)8-9-25(21)37-14-15-6-7-18(29)13-22(15)30/h6-13H,2-5,14H2,1H3. The van der Waals surface area contributed by atoms with E-state index in [4.69, 9.17) is 32.7 Å². The summed E-state index contributed by atoms with van der Waals surface area (Å²) in [6.45, 7) is 1.45. The van der Waals surface area contributed by atoms with Gasteiger partial charge in [-0.05, 0) is 79.8 Å². The first-order valence-electron chi connectivity index (χ1n) is 11.4. The Hall–Kier alpha value is -3.10. The molecular formula is C27H21Cl2F4NO3. The van der Waals surface area contributed by atoms with Crippen molar-refractivity contribution in [2.24, 2.45) is 0 Å². The van der Waals surface area contributed by atoms with Gasteiger partial charge in [-0.3, -0.25) is 0 Å². The average molecular weight is 554 g/mol. The minimum Gasteiger partial charge on any atom is -0.488 e. The van der Waals surface area contributed by atoms with Crippen molar-refractivity contribution in [1.82, 2.24) is 4.98 Å². The minimum atomic E-state index is -4.69. The average Bonchev–Trinajstić information content (AvgIpc) is 3.33. The number of nitrogens with zero attached hydrogens (tertiary/aromatic N) is 1. The molecule has 4 nitrogen and oxygen atoms in total. The van der Waals surface area contributed by atoms with Crippen LogP contribution in [0.1, 0.15) is 59.1 Å². The topological polar surface area (TPSA) is 48.4 Å². The smallest absolute Gasteiger partial charge is 0.416 e. The molecule has 0 amide bonds. The van der Waals surface area contributed by atoms with Crippen LogP contribution in [0.3, 0.4) is 0 Å². The van der Waals surface area contributed by atoms with Gasteiger partial charge in [0.1, 0.15) is 23.9 Å². The van der Waals surface area contributed by atoms with Gasteiger partial charge in [-0.1, -0.05) is 29.3 Å². The summed E-state index contributed by atoms with van der Waals surface area (Å²) in [5.74, 6) is -1.08. The molecule has 0 bridgehead atoms. The fourth-order valence-corrected chi connectivity index (χ4v) is 4.47. The zero-order valence-corrected chi connectivity index (χ0v) is 21.1. The molecule has 1 heterocycles. The third-order valence-corrected chi connectivity index (χ3v) is 6.30. The van der Waals surface area contributed by atoms with Gasteiger partial charge in [-0.2, -0.15) is 13.2 Å². The van der Waals surface area contributed by atoms with E-state index >= 15 is 0 Å². The van der Waals surface area contributed by atoms with Crippen molar-refractivity contribution < 1.29 is 31.8 Å². The quantitative estimate of drug-likeness (QED) is 0.217. The number of allylic oxidation sites excluding steroid dienone is 2. The van der Waals surface area contributed by atoms with Crippen molar-refractivity contribution in [1.29, 1.82) is 0 Å². The summed E-state index contributed by atoms with van der Waals surface area (Å²) in [5.41, 5.74) is 0.680. The highest BCUT2D eigenvalue weighted by atomic mass is 35.5. The highest BCUT2D eigenvalue weighted by Gasteiger charge is 2.34. The molecule has 2 aromatic carbocycles. The Bertz CT molecular complexity index is 1370. The van der Waals surface area contributed by atoms with Gasteiger partial charge >= 0.3 is 12.1 Å². The van der Waals surface area contributed by atoms with E-state index in [0.29, 0.717) is 52.8 Å². The van der Waals surface area contributed by atoms with Crippen LogP contribution in [-0.2, 0) is 17.5 Å². The summed E-state index contributed by atoms with van der Waals surface area (Å²) in [4.78, 5) is 16.5. The molecule has 0 radical (unpaired) electrons. The van der Waals surface area contributed by atoms with Crippen molar-refractivity contribution in [2.45, 2.75) is 39.0 Å². The number of hydrogen-bond donors (Lipinski definition) is 0. The SMILES string of the molecule is CCOC(=O)c1cc(C(F)(F)F)cc(C2=C(c3cc(Cl)ccc3OCc3ccc(Cl)cc3F)CCC2)n1. The molecule has 37 heavy (non-hydrogen) atoms. The maximum absolute atomic E-state index is 14.3. The Morgan fingerprint density at radius 3 is 2.41 bits per heavy atom. The summed E-state index contributed by atoms with van der Waals surface area (Å²) in [5, 5.41) is 0.646. The first-order chi connectivity index (χ1) is 17.6. The number of esters is 1. The van der Waals surface area contributed by atoms with Gasteiger partial charge in [0.2, 0.25) is 0 Å². The van der Waals surface area contributed by atoms with E-state index in [1.807, 2.05) is 0 Å². The summed E-state index contributed by atoms with van der Waals surface area (Å²) < 4.78 is 66.1. The highest BCUT2D eigenvalue weighted by Crippen LogP contribution is 2.44. The van der Waals surface area contributed by atoms with E-state index in [9.17, 15) is 22.4 Å². The van der Waals surface area contributed by atoms with E-state index in [-0.39, 0.29) is 29.5 Å². The van der Waals surface area contributed by atoms with Crippen LogP contribution in [0.4, 0.5) is 17.6 Å². The van der Waals surface area contributed by atoms with Crippen LogP contribution in [0.15, 0.2) is 48.5 Å². The second-order valence-electron chi connectivity index (χ2n) is 8.32. The third-order valence-electron chi connectivity index (χ3n) is 5.83. The maximum atomic E-state index is 14.3. The number of hydrogen-bond acceptors (Lipinski definition) is 4. The molecule has 0 spiro atoms. The molecular weight excluding hydrogens is 533 g/mol. The summed E-state index contributed by atoms with van der Waals surface area (Å²) >= 11 is 12.1. The van der Waals surface area contributed by atoms with Crippen molar-refractivity contribution in [3.8, 4) is 5.75 Å². The molecule has 3 aromatic rings. The molecule has 1 aliphatic rings. The number of benzene rings is 2. The molecule has 10 heteroatoms. The van der Waals surface area contributed by atoms with Crippen molar-refractivity contribution in [2.75, 3.05) is 6.61 Å². The largest absolute Gasteiger partial charge is 0.488 e. The van der Waals surface area contributed by atoms with Crippen LogP contribution in [-0.4, -0.2) is 17.6 Å². The van der Waals surface area contributed by atoms with Gasteiger partial charge in [0.15, 0.2) is 0 Å². The monoisotopic (exact) mass is 553 g/mol. The highest BCUT2D eigenvalue weighted by molar-refractivity contribution is 6.31. The lowest BCUT2D eigenvalue weighted by Crippen LogP contribution is -2.13. The number of aromatic nitrogens is 1. The zero-order chi connectivity index (χ0) is 26.7. The first kappa shape index (κ1) is 26.9. The van der Waals surface area contributed by atoms with Gasteiger partial charge < -0.3 is 9.47 Å². The Morgan fingerprint density at radius 2 is 1.70 bits per heavy atom. The molecule has 0 saturated heterocycles. The molecule has 0 N–H and O–H groups in total. The van der Waals surface area contributed by atoms with E-state index in [1.54, 1.807) is 31.2 Å². The van der Waals surface area contributed by atoms with Crippen LogP contribution in [0.5, 0.6) is 5.75 Å². The normalized spacial score (nSPS) is 13.7. The second kappa shape index (κ2) is 11.1. The lowest BCUT2D eigenvalue weighted by Gasteiger charge is -2.16. The lowest BCUT2D eigenvalue weighted by molar-refractivity contribution is -0.137. The minimum absolute atomic E-state index is 0.00251. The lowest BCUT2D eigenvalue weighted by atomic mass is 9.98. The van der Waals surface area contributed by atoms with Gasteiger partial charge in [0, 0.05) is 21.2 Å². The van der Waals surface area contributed by atoms with E-state index < -0.39 is 29.2 Å². The Kier molecular flexibility index (Phi) is 8.09.